The Morgan fingerprint density at radius 2 is 0.887 bits per heavy atom. The van der Waals surface area contributed by atoms with Crippen molar-refractivity contribution >= 4 is 28.0 Å². The van der Waals surface area contributed by atoms with Gasteiger partial charge in [-0.3, -0.25) is 0 Å². The topological polar surface area (TPSA) is 8.17 Å². The maximum absolute atomic E-state index is 2.47. The van der Waals surface area contributed by atoms with Gasteiger partial charge in [0.15, 0.2) is 0 Å². The molecule has 0 radical (unpaired) electrons. The van der Waals surface area contributed by atoms with Crippen LogP contribution in [0.3, 0.4) is 0 Å². The molecular formula is C51H34N2. The average molecular weight is 675 g/mol. The second-order valence-electron chi connectivity index (χ2n) is 14.1. The van der Waals surface area contributed by atoms with Gasteiger partial charge in [-0.1, -0.05) is 140 Å². The van der Waals surface area contributed by atoms with Gasteiger partial charge in [-0.25, -0.2) is 0 Å². The third-order valence-electron chi connectivity index (χ3n) is 11.4. The van der Waals surface area contributed by atoms with Crippen molar-refractivity contribution in [2.24, 2.45) is 0 Å². The van der Waals surface area contributed by atoms with Crippen LogP contribution in [0.15, 0.2) is 206 Å². The Morgan fingerprint density at radius 3 is 1.62 bits per heavy atom. The van der Waals surface area contributed by atoms with Crippen LogP contribution in [0.4, 0.5) is 17.1 Å². The fraction of sp³-hybridized carbons (Fsp3) is 0.0196. The molecule has 0 N–H and O–H groups in total. The van der Waals surface area contributed by atoms with E-state index in [0.717, 1.165) is 17.1 Å². The molecule has 0 atom stereocenters. The number of hydrogen-bond donors (Lipinski definition) is 0. The molecule has 1 aromatic heterocycles. The first-order valence-electron chi connectivity index (χ1n) is 18.3. The number of fused-ring (bicyclic) bond motifs is 11. The number of para-hydroxylation sites is 2. The number of aromatic nitrogens is 1. The molecule has 0 aliphatic heterocycles. The van der Waals surface area contributed by atoms with Gasteiger partial charge >= 0.3 is 0 Å². The Kier molecular flexibility index (Phi) is 6.50. The largest absolute Gasteiger partial charge is 0.317 e. The fourth-order valence-corrected chi connectivity index (χ4v) is 9.17. The van der Waals surface area contributed by atoms with Gasteiger partial charge in [0.1, 0.15) is 0 Å². The molecule has 0 unspecified atom stereocenters. The average Bonchev–Trinajstić information content (AvgIpc) is 3.89. The van der Waals surface area contributed by atoms with Crippen molar-refractivity contribution in [3.05, 3.63) is 229 Å². The Labute approximate surface area is 309 Å². The zero-order chi connectivity index (χ0) is 34.9. The van der Waals surface area contributed by atoms with Crippen LogP contribution in [0.1, 0.15) is 22.3 Å². The van der Waals surface area contributed by atoms with Crippen molar-refractivity contribution in [3.63, 3.8) is 0 Å². The summed E-state index contributed by atoms with van der Waals surface area (Å²) in [5, 5.41) is 1.24. The minimum absolute atomic E-state index is 0.480. The SMILES string of the molecule is c1ccc(-c2ccc(N(c3ccccc3)c3ccc4c(c3)C3(c5ccccc5-c5ccccc53)c3cc(-n5ccc6ccccc65)ccc3-4)cc2)cc1. The number of benzene rings is 8. The maximum atomic E-state index is 2.47. The first-order chi connectivity index (χ1) is 26.3. The summed E-state index contributed by atoms with van der Waals surface area (Å²) in [6, 6.07) is 73.5. The first kappa shape index (κ1) is 29.8. The van der Waals surface area contributed by atoms with E-state index >= 15 is 0 Å². The molecule has 0 saturated carbocycles. The zero-order valence-corrected chi connectivity index (χ0v) is 29.0. The first-order valence-corrected chi connectivity index (χ1v) is 18.3. The van der Waals surface area contributed by atoms with Crippen LogP contribution >= 0.6 is 0 Å². The molecule has 53 heavy (non-hydrogen) atoms. The van der Waals surface area contributed by atoms with Crippen molar-refractivity contribution in [3.8, 4) is 39.1 Å². The summed E-state index contributed by atoms with van der Waals surface area (Å²) in [6.07, 6.45) is 2.20. The minimum Gasteiger partial charge on any atom is -0.317 e. The van der Waals surface area contributed by atoms with Gasteiger partial charge < -0.3 is 9.47 Å². The molecule has 2 aliphatic rings. The number of hydrogen-bond acceptors (Lipinski definition) is 1. The molecule has 2 aliphatic carbocycles. The van der Waals surface area contributed by atoms with Gasteiger partial charge in [-0.05, 0) is 122 Å². The van der Waals surface area contributed by atoms with E-state index in [1.807, 2.05) is 0 Å². The third kappa shape index (κ3) is 4.33. The summed E-state index contributed by atoms with van der Waals surface area (Å²) in [6.45, 7) is 0. The normalized spacial score (nSPS) is 13.1. The summed E-state index contributed by atoms with van der Waals surface area (Å²) >= 11 is 0. The summed E-state index contributed by atoms with van der Waals surface area (Å²) in [5.41, 5.74) is 18.2. The molecule has 8 aromatic carbocycles. The van der Waals surface area contributed by atoms with E-state index in [1.54, 1.807) is 0 Å². The highest BCUT2D eigenvalue weighted by Gasteiger charge is 2.52. The second-order valence-corrected chi connectivity index (χ2v) is 14.1. The molecule has 11 rings (SSSR count). The molecular weight excluding hydrogens is 641 g/mol. The smallest absolute Gasteiger partial charge is 0.0727 e. The number of nitrogens with zero attached hydrogens (tertiary/aromatic N) is 2. The molecule has 2 heteroatoms. The molecule has 1 heterocycles. The van der Waals surface area contributed by atoms with Crippen LogP contribution in [0, 0.1) is 0 Å². The van der Waals surface area contributed by atoms with Crippen LogP contribution in [0.2, 0.25) is 0 Å². The van der Waals surface area contributed by atoms with Gasteiger partial charge in [0, 0.05) is 28.9 Å². The van der Waals surface area contributed by atoms with Crippen molar-refractivity contribution in [1.29, 1.82) is 0 Å². The highest BCUT2D eigenvalue weighted by atomic mass is 15.1. The van der Waals surface area contributed by atoms with Crippen molar-refractivity contribution < 1.29 is 0 Å². The molecule has 2 nitrogen and oxygen atoms in total. The predicted molar refractivity (Wildman–Crippen MR) is 220 cm³/mol. The summed E-state index contributed by atoms with van der Waals surface area (Å²) in [7, 11) is 0. The Hall–Kier alpha value is -6.90. The van der Waals surface area contributed by atoms with Crippen molar-refractivity contribution in [1.82, 2.24) is 4.57 Å². The molecule has 9 aromatic rings. The molecule has 0 bridgehead atoms. The standard InChI is InChI=1S/C51H34N2/c1-3-13-35(14-4-1)36-23-25-39(26-24-36)53(38-16-5-2-6-17-38)41-28-30-45-44-29-27-40(52-32-31-37-15-7-12-22-50(37)52)33-48(44)51(49(45)34-41)46-20-10-8-18-42(46)43-19-9-11-21-47(43)51/h1-34H. The highest BCUT2D eigenvalue weighted by Crippen LogP contribution is 2.63. The monoisotopic (exact) mass is 674 g/mol. The fourth-order valence-electron chi connectivity index (χ4n) is 9.17. The van der Waals surface area contributed by atoms with Gasteiger partial charge in [0.2, 0.25) is 0 Å². The minimum atomic E-state index is -0.480. The maximum Gasteiger partial charge on any atom is 0.0727 e. The predicted octanol–water partition coefficient (Wildman–Crippen LogP) is 13.1. The van der Waals surface area contributed by atoms with Crippen LogP contribution in [-0.4, -0.2) is 4.57 Å². The van der Waals surface area contributed by atoms with Crippen LogP contribution in [0.5, 0.6) is 0 Å². The van der Waals surface area contributed by atoms with E-state index in [1.165, 1.54) is 72.2 Å². The van der Waals surface area contributed by atoms with Crippen molar-refractivity contribution in [2.75, 3.05) is 4.90 Å². The lowest BCUT2D eigenvalue weighted by Crippen LogP contribution is -2.26. The molecule has 0 fully saturated rings. The van der Waals surface area contributed by atoms with Crippen LogP contribution in [0.25, 0.3) is 50.0 Å². The van der Waals surface area contributed by atoms with E-state index in [4.69, 9.17) is 0 Å². The lowest BCUT2D eigenvalue weighted by molar-refractivity contribution is 0.792. The Bertz CT molecular complexity index is 2780. The summed E-state index contributed by atoms with van der Waals surface area (Å²) in [4.78, 5) is 2.40. The van der Waals surface area contributed by atoms with Crippen LogP contribution in [-0.2, 0) is 5.41 Å². The third-order valence-corrected chi connectivity index (χ3v) is 11.4. The van der Waals surface area contributed by atoms with Gasteiger partial charge in [0.05, 0.1) is 10.9 Å². The van der Waals surface area contributed by atoms with Gasteiger partial charge in [0.25, 0.3) is 0 Å². The number of anilines is 3. The molecule has 0 amide bonds. The van der Waals surface area contributed by atoms with Gasteiger partial charge in [-0.2, -0.15) is 0 Å². The lowest BCUT2D eigenvalue weighted by atomic mass is 9.70. The highest BCUT2D eigenvalue weighted by molar-refractivity contribution is 5.97. The quantitative estimate of drug-likeness (QED) is 0.176. The van der Waals surface area contributed by atoms with Crippen LogP contribution < -0.4 is 4.90 Å². The Balaban J connectivity index is 1.15. The van der Waals surface area contributed by atoms with E-state index in [2.05, 4.69) is 216 Å². The summed E-state index contributed by atoms with van der Waals surface area (Å²) in [5.74, 6) is 0. The van der Waals surface area contributed by atoms with E-state index < -0.39 is 5.41 Å². The Morgan fingerprint density at radius 1 is 0.358 bits per heavy atom. The van der Waals surface area contributed by atoms with E-state index in [-0.39, 0.29) is 0 Å². The molecule has 0 saturated heterocycles. The summed E-state index contributed by atoms with van der Waals surface area (Å²) < 4.78 is 2.33. The van der Waals surface area contributed by atoms with Gasteiger partial charge in [-0.15, -0.1) is 0 Å². The zero-order valence-electron chi connectivity index (χ0n) is 29.0. The van der Waals surface area contributed by atoms with E-state index in [0.29, 0.717) is 0 Å². The lowest BCUT2D eigenvalue weighted by Gasteiger charge is -2.32. The second kappa shape index (κ2) is 11.6. The molecule has 248 valence electrons. The molecule has 1 spiro atoms. The van der Waals surface area contributed by atoms with Crippen molar-refractivity contribution in [2.45, 2.75) is 5.41 Å². The van der Waals surface area contributed by atoms with E-state index in [9.17, 15) is 0 Å². The number of rotatable bonds is 5.